The number of aryl methyl sites for hydroxylation is 1. The number of carbonyl (C=O) groups is 2. The zero-order chi connectivity index (χ0) is 14.9. The first-order valence-electron chi connectivity index (χ1n) is 5.49. The number of carboxylic acid groups (broad SMARTS) is 1. The molecule has 7 heteroatoms. The summed E-state index contributed by atoms with van der Waals surface area (Å²) in [6.45, 7) is 1.67. The molecular formula is C13H9Cl2NO3S. The van der Waals surface area contributed by atoms with Crippen molar-refractivity contribution in [3.8, 4) is 0 Å². The van der Waals surface area contributed by atoms with Crippen molar-refractivity contribution in [1.82, 2.24) is 0 Å². The maximum absolute atomic E-state index is 12.1. The van der Waals surface area contributed by atoms with Crippen LogP contribution in [0.4, 0.5) is 5.00 Å². The number of halogens is 2. The van der Waals surface area contributed by atoms with E-state index >= 15 is 0 Å². The van der Waals surface area contributed by atoms with Gasteiger partial charge in [0.25, 0.3) is 5.91 Å². The minimum Gasteiger partial charge on any atom is -0.477 e. The minimum absolute atomic E-state index is 0.165. The largest absolute Gasteiger partial charge is 0.477 e. The van der Waals surface area contributed by atoms with E-state index in [1.165, 1.54) is 0 Å². The van der Waals surface area contributed by atoms with Gasteiger partial charge in [0, 0.05) is 0 Å². The predicted octanol–water partition coefficient (Wildman–Crippen LogP) is 4.31. The van der Waals surface area contributed by atoms with Gasteiger partial charge >= 0.3 is 5.97 Å². The molecule has 0 saturated carbocycles. The Hall–Kier alpha value is -1.56. The molecule has 0 radical (unpaired) electrons. The van der Waals surface area contributed by atoms with Crippen LogP contribution in [0.1, 0.15) is 25.6 Å². The number of aromatic carboxylic acids is 1. The summed E-state index contributed by atoms with van der Waals surface area (Å²) in [7, 11) is 0. The van der Waals surface area contributed by atoms with Gasteiger partial charge in [-0.25, -0.2) is 4.79 Å². The summed E-state index contributed by atoms with van der Waals surface area (Å²) in [6.07, 6.45) is 0. The molecule has 0 spiro atoms. The van der Waals surface area contributed by atoms with Gasteiger partial charge in [-0.15, -0.1) is 11.3 Å². The Bertz CT molecular complexity index is 697. The minimum atomic E-state index is -1.02. The molecule has 0 aliphatic carbocycles. The van der Waals surface area contributed by atoms with Gasteiger partial charge in [-0.3, -0.25) is 4.79 Å². The Balaban J connectivity index is 2.26. The lowest BCUT2D eigenvalue weighted by atomic mass is 10.2. The third kappa shape index (κ3) is 2.95. The standard InChI is InChI=1S/C13H9Cl2NO3S/c1-6-5-9(20-11(6)13(18)19)16-12(17)7-3-2-4-8(14)10(7)15/h2-5H,1H3,(H,16,17)(H,18,19). The Morgan fingerprint density at radius 3 is 2.60 bits per heavy atom. The molecule has 104 valence electrons. The third-order valence-electron chi connectivity index (χ3n) is 2.54. The summed E-state index contributed by atoms with van der Waals surface area (Å²) in [4.78, 5) is 23.2. The first-order chi connectivity index (χ1) is 9.40. The Morgan fingerprint density at radius 1 is 1.30 bits per heavy atom. The van der Waals surface area contributed by atoms with Crippen molar-refractivity contribution in [2.45, 2.75) is 6.92 Å². The Morgan fingerprint density at radius 2 is 2.00 bits per heavy atom. The Kier molecular flexibility index (Phi) is 4.32. The van der Waals surface area contributed by atoms with Crippen LogP contribution >= 0.6 is 34.5 Å². The zero-order valence-corrected chi connectivity index (χ0v) is 12.6. The highest BCUT2D eigenvalue weighted by Gasteiger charge is 2.16. The van der Waals surface area contributed by atoms with E-state index in [2.05, 4.69) is 5.32 Å². The van der Waals surface area contributed by atoms with Gasteiger partial charge in [0.1, 0.15) is 4.88 Å². The molecule has 0 saturated heterocycles. The molecular weight excluding hydrogens is 321 g/mol. The first-order valence-corrected chi connectivity index (χ1v) is 7.06. The summed E-state index contributed by atoms with van der Waals surface area (Å²) < 4.78 is 0. The second kappa shape index (κ2) is 5.83. The van der Waals surface area contributed by atoms with E-state index in [4.69, 9.17) is 28.3 Å². The molecule has 2 aromatic rings. The number of hydrogen-bond donors (Lipinski definition) is 2. The van der Waals surface area contributed by atoms with Crippen LogP contribution in [-0.2, 0) is 0 Å². The van der Waals surface area contributed by atoms with Gasteiger partial charge in [0.15, 0.2) is 0 Å². The van der Waals surface area contributed by atoms with Crippen LogP contribution in [0.5, 0.6) is 0 Å². The van der Waals surface area contributed by atoms with Crippen molar-refractivity contribution in [1.29, 1.82) is 0 Å². The molecule has 0 aliphatic heterocycles. The second-order valence-electron chi connectivity index (χ2n) is 3.98. The average molecular weight is 330 g/mol. The quantitative estimate of drug-likeness (QED) is 0.881. The van der Waals surface area contributed by atoms with Crippen molar-refractivity contribution in [2.75, 3.05) is 5.32 Å². The molecule has 1 heterocycles. The highest BCUT2D eigenvalue weighted by atomic mass is 35.5. The van der Waals surface area contributed by atoms with Crippen molar-refractivity contribution in [3.05, 3.63) is 50.3 Å². The summed E-state index contributed by atoms with van der Waals surface area (Å²) in [5.41, 5.74) is 0.831. The van der Waals surface area contributed by atoms with E-state index in [1.54, 1.807) is 31.2 Å². The zero-order valence-electron chi connectivity index (χ0n) is 10.2. The molecule has 1 aromatic carbocycles. The number of benzene rings is 1. The molecule has 0 atom stereocenters. The third-order valence-corrected chi connectivity index (χ3v) is 4.50. The van der Waals surface area contributed by atoms with Crippen molar-refractivity contribution >= 4 is 51.4 Å². The summed E-state index contributed by atoms with van der Waals surface area (Å²) in [5.74, 6) is -1.45. The van der Waals surface area contributed by atoms with E-state index in [9.17, 15) is 9.59 Å². The van der Waals surface area contributed by atoms with E-state index in [0.29, 0.717) is 10.6 Å². The van der Waals surface area contributed by atoms with Gasteiger partial charge in [0.05, 0.1) is 20.6 Å². The van der Waals surface area contributed by atoms with Crippen LogP contribution in [-0.4, -0.2) is 17.0 Å². The van der Waals surface area contributed by atoms with Crippen LogP contribution in [0, 0.1) is 6.92 Å². The van der Waals surface area contributed by atoms with Crippen LogP contribution < -0.4 is 5.32 Å². The van der Waals surface area contributed by atoms with Crippen LogP contribution in [0.2, 0.25) is 10.0 Å². The lowest BCUT2D eigenvalue weighted by molar-refractivity contribution is 0.0701. The second-order valence-corrected chi connectivity index (χ2v) is 5.82. The summed E-state index contributed by atoms with van der Waals surface area (Å²) >= 11 is 12.8. The number of carbonyl (C=O) groups excluding carboxylic acids is 1. The lowest BCUT2D eigenvalue weighted by Crippen LogP contribution is -2.11. The molecule has 0 aliphatic rings. The van der Waals surface area contributed by atoms with Gasteiger partial charge in [0.2, 0.25) is 0 Å². The average Bonchev–Trinajstić information content (AvgIpc) is 2.73. The fourth-order valence-electron chi connectivity index (χ4n) is 1.61. The van der Waals surface area contributed by atoms with E-state index in [-0.39, 0.29) is 20.5 Å². The van der Waals surface area contributed by atoms with Crippen molar-refractivity contribution in [3.63, 3.8) is 0 Å². The fraction of sp³-hybridized carbons (Fsp3) is 0.0769. The molecule has 4 nitrogen and oxygen atoms in total. The van der Waals surface area contributed by atoms with Crippen molar-refractivity contribution in [2.24, 2.45) is 0 Å². The molecule has 1 aromatic heterocycles. The van der Waals surface area contributed by atoms with Gasteiger partial charge in [-0.05, 0) is 30.7 Å². The number of anilines is 1. The number of amides is 1. The highest BCUT2D eigenvalue weighted by Crippen LogP contribution is 2.29. The monoisotopic (exact) mass is 329 g/mol. The van der Waals surface area contributed by atoms with E-state index in [1.807, 2.05) is 0 Å². The van der Waals surface area contributed by atoms with Crippen LogP contribution in [0.15, 0.2) is 24.3 Å². The lowest BCUT2D eigenvalue weighted by Gasteiger charge is -2.05. The predicted molar refractivity (Wildman–Crippen MR) is 80.4 cm³/mol. The summed E-state index contributed by atoms with van der Waals surface area (Å²) in [6, 6.07) is 6.34. The van der Waals surface area contributed by atoms with Gasteiger partial charge in [-0.2, -0.15) is 0 Å². The molecule has 20 heavy (non-hydrogen) atoms. The number of thiophene rings is 1. The molecule has 0 fully saturated rings. The number of hydrogen-bond acceptors (Lipinski definition) is 3. The van der Waals surface area contributed by atoms with E-state index < -0.39 is 11.9 Å². The highest BCUT2D eigenvalue weighted by molar-refractivity contribution is 7.18. The normalized spacial score (nSPS) is 10.3. The molecule has 0 unspecified atom stereocenters. The van der Waals surface area contributed by atoms with Crippen LogP contribution in [0.25, 0.3) is 0 Å². The SMILES string of the molecule is Cc1cc(NC(=O)c2cccc(Cl)c2Cl)sc1C(=O)O. The Labute approximate surface area is 128 Å². The first kappa shape index (κ1) is 14.8. The fourth-order valence-corrected chi connectivity index (χ4v) is 2.91. The van der Waals surface area contributed by atoms with Crippen LogP contribution in [0.3, 0.4) is 0 Å². The number of carboxylic acids is 1. The molecule has 0 bridgehead atoms. The maximum atomic E-state index is 12.1. The topological polar surface area (TPSA) is 66.4 Å². The number of rotatable bonds is 3. The summed E-state index contributed by atoms with van der Waals surface area (Å²) in [5, 5.41) is 12.5. The number of nitrogens with one attached hydrogen (secondary N) is 1. The van der Waals surface area contributed by atoms with E-state index in [0.717, 1.165) is 11.3 Å². The van der Waals surface area contributed by atoms with Gasteiger partial charge in [-0.1, -0.05) is 29.3 Å². The molecule has 2 N–H and O–H groups in total. The molecule has 1 amide bonds. The molecule has 2 rings (SSSR count). The van der Waals surface area contributed by atoms with Crippen molar-refractivity contribution < 1.29 is 14.7 Å². The smallest absolute Gasteiger partial charge is 0.346 e. The van der Waals surface area contributed by atoms with Gasteiger partial charge < -0.3 is 10.4 Å². The maximum Gasteiger partial charge on any atom is 0.346 e.